The van der Waals surface area contributed by atoms with Gasteiger partial charge in [-0.15, -0.1) is 0 Å². The summed E-state index contributed by atoms with van der Waals surface area (Å²) < 4.78 is 38.1. The average Bonchev–Trinajstić information content (AvgIpc) is 2.14. The first-order valence-corrected chi connectivity index (χ1v) is 5.90. The summed E-state index contributed by atoms with van der Waals surface area (Å²) in [5.74, 6) is -0.423. The number of halogens is 3. The van der Waals surface area contributed by atoms with Gasteiger partial charge in [-0.1, -0.05) is 27.7 Å². The molecule has 0 heterocycles. The lowest BCUT2D eigenvalue weighted by Crippen LogP contribution is -2.54. The lowest BCUT2D eigenvalue weighted by molar-refractivity contribution is -0.290. The van der Waals surface area contributed by atoms with Crippen LogP contribution in [0.15, 0.2) is 0 Å². The van der Waals surface area contributed by atoms with E-state index in [1.54, 1.807) is 13.8 Å². The smallest absolute Gasteiger partial charge is 0.380 e. The molecule has 0 radical (unpaired) electrons. The van der Waals surface area contributed by atoms with Gasteiger partial charge in [0.2, 0.25) is 5.91 Å². The van der Waals surface area contributed by atoms with Crippen LogP contribution >= 0.6 is 0 Å². The van der Waals surface area contributed by atoms with E-state index in [9.17, 15) is 23.1 Å². The normalized spacial score (nSPS) is 16.6. The second kappa shape index (κ2) is 5.47. The zero-order chi connectivity index (χ0) is 14.8. The molecule has 0 aromatic rings. The molecule has 6 heteroatoms. The maximum atomic E-state index is 12.7. The molecule has 0 rings (SSSR count). The predicted molar refractivity (Wildman–Crippen MR) is 62.9 cm³/mol. The molecule has 0 aliphatic rings. The molecule has 0 saturated heterocycles. The van der Waals surface area contributed by atoms with Crippen molar-refractivity contribution in [2.75, 3.05) is 6.54 Å². The predicted octanol–water partition coefficient (Wildman–Crippen LogP) is 2.49. The Balaban J connectivity index is 4.54. The van der Waals surface area contributed by atoms with E-state index in [1.807, 2.05) is 0 Å². The molecule has 0 aromatic carbocycles. The molecule has 1 unspecified atom stereocenters. The lowest BCUT2D eigenvalue weighted by atomic mass is 9.73. The topological polar surface area (TPSA) is 49.3 Å². The van der Waals surface area contributed by atoms with E-state index >= 15 is 0 Å². The number of rotatable bonds is 5. The SMILES string of the molecule is CC(C)C(=O)NCCC(C)(C)C(C)(O)C(F)(F)F. The summed E-state index contributed by atoms with van der Waals surface area (Å²) >= 11 is 0. The second-order valence-corrected chi connectivity index (χ2v) is 5.65. The number of hydrogen-bond acceptors (Lipinski definition) is 2. The highest BCUT2D eigenvalue weighted by Gasteiger charge is 2.58. The molecular formula is C12H22F3NO2. The Morgan fingerprint density at radius 1 is 1.22 bits per heavy atom. The van der Waals surface area contributed by atoms with Crippen LogP contribution < -0.4 is 5.32 Å². The molecular weight excluding hydrogens is 247 g/mol. The summed E-state index contributed by atoms with van der Waals surface area (Å²) in [4.78, 5) is 11.3. The standard InChI is InChI=1S/C12H22F3NO2/c1-8(2)9(17)16-7-6-10(3,4)11(5,18)12(13,14)15/h8,18H,6-7H2,1-5H3,(H,16,17). The summed E-state index contributed by atoms with van der Waals surface area (Å²) in [5, 5.41) is 12.2. The summed E-state index contributed by atoms with van der Waals surface area (Å²) in [7, 11) is 0. The van der Waals surface area contributed by atoms with Gasteiger partial charge in [0.05, 0.1) is 0 Å². The van der Waals surface area contributed by atoms with E-state index in [4.69, 9.17) is 0 Å². The van der Waals surface area contributed by atoms with Gasteiger partial charge in [0, 0.05) is 17.9 Å². The van der Waals surface area contributed by atoms with Gasteiger partial charge < -0.3 is 10.4 Å². The molecule has 0 aromatic heterocycles. The Kier molecular flexibility index (Phi) is 5.23. The number of aliphatic hydroxyl groups is 1. The Bertz CT molecular complexity index is 296. The van der Waals surface area contributed by atoms with Crippen LogP contribution in [-0.4, -0.2) is 29.3 Å². The number of carbonyl (C=O) groups excluding carboxylic acids is 1. The van der Waals surface area contributed by atoms with Crippen LogP contribution in [0.2, 0.25) is 0 Å². The fourth-order valence-electron chi connectivity index (χ4n) is 1.33. The molecule has 0 spiro atoms. The third kappa shape index (κ3) is 3.86. The molecule has 3 nitrogen and oxygen atoms in total. The van der Waals surface area contributed by atoms with Crippen LogP contribution in [0, 0.1) is 11.3 Å². The van der Waals surface area contributed by atoms with Gasteiger partial charge >= 0.3 is 6.18 Å². The van der Waals surface area contributed by atoms with Gasteiger partial charge in [0.25, 0.3) is 0 Å². The number of alkyl halides is 3. The van der Waals surface area contributed by atoms with Crippen molar-refractivity contribution in [1.29, 1.82) is 0 Å². The van der Waals surface area contributed by atoms with Gasteiger partial charge in [-0.2, -0.15) is 13.2 Å². The zero-order valence-corrected chi connectivity index (χ0v) is 11.5. The van der Waals surface area contributed by atoms with E-state index in [2.05, 4.69) is 5.32 Å². The van der Waals surface area contributed by atoms with Gasteiger partial charge in [-0.25, -0.2) is 0 Å². The van der Waals surface area contributed by atoms with Gasteiger partial charge in [0.1, 0.15) is 0 Å². The summed E-state index contributed by atoms with van der Waals surface area (Å²) in [6, 6.07) is 0. The molecule has 0 saturated carbocycles. The second-order valence-electron chi connectivity index (χ2n) is 5.65. The van der Waals surface area contributed by atoms with E-state index in [0.29, 0.717) is 0 Å². The number of amides is 1. The molecule has 0 aliphatic carbocycles. The minimum absolute atomic E-state index is 0.0397. The quantitative estimate of drug-likeness (QED) is 0.805. The first kappa shape index (κ1) is 17.2. The monoisotopic (exact) mass is 269 g/mol. The van der Waals surface area contributed by atoms with Crippen molar-refractivity contribution in [3.63, 3.8) is 0 Å². The third-order valence-corrected chi connectivity index (χ3v) is 3.44. The number of nitrogens with one attached hydrogen (secondary N) is 1. The van der Waals surface area contributed by atoms with Gasteiger partial charge in [0.15, 0.2) is 5.60 Å². The molecule has 1 amide bonds. The first-order valence-electron chi connectivity index (χ1n) is 5.90. The number of carbonyl (C=O) groups is 1. The van der Waals surface area contributed by atoms with E-state index < -0.39 is 17.2 Å². The maximum absolute atomic E-state index is 12.7. The molecule has 18 heavy (non-hydrogen) atoms. The highest BCUT2D eigenvalue weighted by molar-refractivity contribution is 5.77. The van der Waals surface area contributed by atoms with Crippen molar-refractivity contribution in [3.8, 4) is 0 Å². The molecule has 108 valence electrons. The maximum Gasteiger partial charge on any atom is 0.417 e. The Morgan fingerprint density at radius 2 is 1.67 bits per heavy atom. The Morgan fingerprint density at radius 3 is 2.00 bits per heavy atom. The van der Waals surface area contributed by atoms with Crippen molar-refractivity contribution in [1.82, 2.24) is 5.32 Å². The number of hydrogen-bond donors (Lipinski definition) is 2. The first-order chi connectivity index (χ1) is 7.83. The molecule has 1 atom stereocenters. The highest BCUT2D eigenvalue weighted by Crippen LogP contribution is 2.45. The third-order valence-electron chi connectivity index (χ3n) is 3.44. The highest BCUT2D eigenvalue weighted by atomic mass is 19.4. The van der Waals surface area contributed by atoms with Crippen LogP contribution in [0.3, 0.4) is 0 Å². The molecule has 0 aliphatic heterocycles. The molecule has 2 N–H and O–H groups in total. The minimum Gasteiger partial charge on any atom is -0.380 e. The van der Waals surface area contributed by atoms with Crippen molar-refractivity contribution < 1.29 is 23.1 Å². The molecule has 0 bridgehead atoms. The average molecular weight is 269 g/mol. The van der Waals surface area contributed by atoms with Gasteiger partial charge in [-0.05, 0) is 13.3 Å². The Hall–Kier alpha value is -0.780. The summed E-state index contributed by atoms with van der Waals surface area (Å²) in [5.41, 5.74) is -4.17. The van der Waals surface area contributed by atoms with E-state index in [1.165, 1.54) is 13.8 Å². The van der Waals surface area contributed by atoms with E-state index in [-0.39, 0.29) is 24.8 Å². The fraction of sp³-hybridized carbons (Fsp3) is 0.917. The minimum atomic E-state index is -4.70. The summed E-state index contributed by atoms with van der Waals surface area (Å²) in [6.45, 7) is 6.94. The van der Waals surface area contributed by atoms with Crippen LogP contribution in [0.4, 0.5) is 13.2 Å². The zero-order valence-electron chi connectivity index (χ0n) is 11.5. The van der Waals surface area contributed by atoms with Crippen molar-refractivity contribution in [3.05, 3.63) is 0 Å². The van der Waals surface area contributed by atoms with Crippen molar-refractivity contribution in [2.24, 2.45) is 11.3 Å². The van der Waals surface area contributed by atoms with Crippen LogP contribution in [0.1, 0.15) is 41.0 Å². The van der Waals surface area contributed by atoms with Gasteiger partial charge in [-0.3, -0.25) is 4.79 Å². The Labute approximate surface area is 106 Å². The summed E-state index contributed by atoms with van der Waals surface area (Å²) in [6.07, 6.45) is -4.66. The largest absolute Gasteiger partial charge is 0.417 e. The van der Waals surface area contributed by atoms with E-state index in [0.717, 1.165) is 6.92 Å². The van der Waals surface area contributed by atoms with Crippen LogP contribution in [0.5, 0.6) is 0 Å². The van der Waals surface area contributed by atoms with Crippen LogP contribution in [-0.2, 0) is 4.79 Å². The van der Waals surface area contributed by atoms with Crippen molar-refractivity contribution >= 4 is 5.91 Å². The van der Waals surface area contributed by atoms with Crippen molar-refractivity contribution in [2.45, 2.75) is 52.8 Å². The fourth-order valence-corrected chi connectivity index (χ4v) is 1.33. The lowest BCUT2D eigenvalue weighted by Gasteiger charge is -2.41. The van der Waals surface area contributed by atoms with Crippen LogP contribution in [0.25, 0.3) is 0 Å². The molecule has 0 fully saturated rings.